The molecular weight excluding hydrogens is 336 g/mol. The molecule has 0 bridgehead atoms. The van der Waals surface area contributed by atoms with E-state index in [1.807, 2.05) is 56.3 Å². The number of nitrogens with one attached hydrogen (secondary N) is 1. The molecule has 1 N–H and O–H groups in total. The fraction of sp³-hybridized carbons (Fsp3) is 0.391. The van der Waals surface area contributed by atoms with Gasteiger partial charge in [0, 0.05) is 13.1 Å². The predicted octanol–water partition coefficient (Wildman–Crippen LogP) is 3.44. The highest BCUT2D eigenvalue weighted by atomic mass is 16.2. The number of nitrogens with zero attached hydrogens (tertiary/aromatic N) is 1. The van der Waals surface area contributed by atoms with E-state index in [1.165, 1.54) is 11.1 Å². The van der Waals surface area contributed by atoms with Crippen LogP contribution in [-0.4, -0.2) is 35.8 Å². The van der Waals surface area contributed by atoms with Gasteiger partial charge in [-0.15, -0.1) is 0 Å². The van der Waals surface area contributed by atoms with Gasteiger partial charge in [-0.1, -0.05) is 48.5 Å². The van der Waals surface area contributed by atoms with Crippen molar-refractivity contribution >= 4 is 11.8 Å². The van der Waals surface area contributed by atoms with Gasteiger partial charge in [-0.2, -0.15) is 0 Å². The number of carbonyl (C=O) groups excluding carboxylic acids is 2. The first-order valence-electron chi connectivity index (χ1n) is 9.59. The molecule has 0 aliphatic carbocycles. The molecule has 0 aliphatic rings. The lowest BCUT2D eigenvalue weighted by Crippen LogP contribution is -2.49. The highest BCUT2D eigenvalue weighted by Gasteiger charge is 2.25. The normalized spacial score (nSPS) is 11.7. The fourth-order valence-corrected chi connectivity index (χ4v) is 3.08. The van der Waals surface area contributed by atoms with Crippen molar-refractivity contribution in [3.8, 4) is 0 Å². The van der Waals surface area contributed by atoms with E-state index in [9.17, 15) is 9.59 Å². The lowest BCUT2D eigenvalue weighted by atomic mass is 10.0. The van der Waals surface area contributed by atoms with Crippen molar-refractivity contribution in [3.63, 3.8) is 0 Å². The molecule has 0 fully saturated rings. The first-order valence-corrected chi connectivity index (χ1v) is 9.59. The number of carbonyl (C=O) groups is 2. The van der Waals surface area contributed by atoms with Crippen molar-refractivity contribution in [2.45, 2.75) is 46.6 Å². The lowest BCUT2D eigenvalue weighted by Gasteiger charge is -2.29. The van der Waals surface area contributed by atoms with Crippen LogP contribution >= 0.6 is 0 Å². The molecule has 0 aromatic heterocycles. The van der Waals surface area contributed by atoms with Gasteiger partial charge in [0.05, 0.1) is 6.42 Å². The van der Waals surface area contributed by atoms with E-state index in [2.05, 4.69) is 18.3 Å². The smallest absolute Gasteiger partial charge is 0.242 e. The van der Waals surface area contributed by atoms with Gasteiger partial charge in [-0.3, -0.25) is 9.59 Å². The molecule has 4 nitrogen and oxygen atoms in total. The standard InChI is InChI=1S/C23H30N2O2/c1-5-24-23(27)19(4)25(14-13-20-9-7-6-8-10-20)22(26)16-21-12-11-17(2)18(3)15-21/h6-12,15,19H,5,13-14,16H2,1-4H3,(H,24,27)/t19-/m0/s1. The minimum Gasteiger partial charge on any atom is -0.355 e. The molecule has 0 aliphatic heterocycles. The maximum Gasteiger partial charge on any atom is 0.242 e. The molecule has 27 heavy (non-hydrogen) atoms. The summed E-state index contributed by atoms with van der Waals surface area (Å²) in [6.45, 7) is 8.87. The summed E-state index contributed by atoms with van der Waals surface area (Å²) < 4.78 is 0. The Labute approximate surface area is 162 Å². The van der Waals surface area contributed by atoms with Crippen molar-refractivity contribution in [1.82, 2.24) is 10.2 Å². The molecule has 0 saturated carbocycles. The van der Waals surface area contributed by atoms with E-state index >= 15 is 0 Å². The Hall–Kier alpha value is -2.62. The van der Waals surface area contributed by atoms with Gasteiger partial charge in [0.15, 0.2) is 0 Å². The van der Waals surface area contributed by atoms with Gasteiger partial charge in [-0.25, -0.2) is 0 Å². The van der Waals surface area contributed by atoms with E-state index in [4.69, 9.17) is 0 Å². The number of benzene rings is 2. The summed E-state index contributed by atoms with van der Waals surface area (Å²) in [5.74, 6) is -0.132. The molecule has 1 atom stereocenters. The van der Waals surface area contributed by atoms with Crippen molar-refractivity contribution in [3.05, 3.63) is 70.8 Å². The van der Waals surface area contributed by atoms with Gasteiger partial charge < -0.3 is 10.2 Å². The van der Waals surface area contributed by atoms with Crippen LogP contribution in [0.2, 0.25) is 0 Å². The molecule has 2 aromatic carbocycles. The van der Waals surface area contributed by atoms with Gasteiger partial charge in [0.25, 0.3) is 0 Å². The van der Waals surface area contributed by atoms with Crippen molar-refractivity contribution < 1.29 is 9.59 Å². The number of aryl methyl sites for hydroxylation is 2. The maximum absolute atomic E-state index is 13.0. The summed E-state index contributed by atoms with van der Waals surface area (Å²) in [6.07, 6.45) is 1.03. The van der Waals surface area contributed by atoms with Crippen LogP contribution in [0.15, 0.2) is 48.5 Å². The molecule has 2 rings (SSSR count). The zero-order valence-corrected chi connectivity index (χ0v) is 16.8. The largest absolute Gasteiger partial charge is 0.355 e. The highest BCUT2D eigenvalue weighted by molar-refractivity contribution is 5.88. The molecule has 0 radical (unpaired) electrons. The predicted molar refractivity (Wildman–Crippen MR) is 110 cm³/mol. The van der Waals surface area contributed by atoms with Crippen molar-refractivity contribution in [2.75, 3.05) is 13.1 Å². The van der Waals surface area contributed by atoms with Gasteiger partial charge in [-0.05, 0) is 56.4 Å². The van der Waals surface area contributed by atoms with Crippen LogP contribution in [0.3, 0.4) is 0 Å². The first-order chi connectivity index (χ1) is 12.9. The Kier molecular flexibility index (Phi) is 7.59. The number of likely N-dealkylation sites (N-methyl/N-ethyl adjacent to an activating group) is 1. The molecule has 0 heterocycles. The van der Waals surface area contributed by atoms with Crippen LogP contribution in [0.25, 0.3) is 0 Å². The lowest BCUT2D eigenvalue weighted by molar-refractivity contribution is -0.139. The second-order valence-corrected chi connectivity index (χ2v) is 6.99. The molecule has 2 aromatic rings. The Bertz CT molecular complexity index is 771. The maximum atomic E-state index is 13.0. The minimum atomic E-state index is -0.493. The zero-order chi connectivity index (χ0) is 19.8. The third kappa shape index (κ3) is 5.95. The molecule has 144 valence electrons. The van der Waals surface area contributed by atoms with E-state index in [1.54, 1.807) is 11.8 Å². The summed E-state index contributed by atoms with van der Waals surface area (Å²) in [7, 11) is 0. The Morgan fingerprint density at radius 3 is 2.33 bits per heavy atom. The van der Waals surface area contributed by atoms with Crippen LogP contribution in [0.1, 0.15) is 36.1 Å². The second kappa shape index (κ2) is 9.91. The SMILES string of the molecule is CCNC(=O)[C@H](C)N(CCc1ccccc1)C(=O)Cc1ccc(C)c(C)c1. The van der Waals surface area contributed by atoms with E-state index in [-0.39, 0.29) is 11.8 Å². The monoisotopic (exact) mass is 366 g/mol. The summed E-state index contributed by atoms with van der Waals surface area (Å²) in [5.41, 5.74) is 4.52. The quantitative estimate of drug-likeness (QED) is 0.778. The number of hydrogen-bond acceptors (Lipinski definition) is 2. The van der Waals surface area contributed by atoms with E-state index in [0.29, 0.717) is 19.5 Å². The summed E-state index contributed by atoms with van der Waals surface area (Å²) in [5, 5.41) is 2.83. The number of amides is 2. The molecule has 0 spiro atoms. The van der Waals surface area contributed by atoms with Crippen LogP contribution in [0, 0.1) is 13.8 Å². The Morgan fingerprint density at radius 2 is 1.70 bits per heavy atom. The first kappa shape index (κ1) is 20.7. The molecule has 2 amide bonds. The highest BCUT2D eigenvalue weighted by Crippen LogP contribution is 2.13. The van der Waals surface area contributed by atoms with Crippen molar-refractivity contribution in [1.29, 1.82) is 0 Å². The van der Waals surface area contributed by atoms with Crippen LogP contribution in [-0.2, 0) is 22.4 Å². The third-order valence-corrected chi connectivity index (χ3v) is 4.93. The van der Waals surface area contributed by atoms with Crippen LogP contribution in [0.4, 0.5) is 0 Å². The van der Waals surface area contributed by atoms with Crippen LogP contribution in [0.5, 0.6) is 0 Å². The minimum absolute atomic E-state index is 0.0204. The number of hydrogen-bond donors (Lipinski definition) is 1. The van der Waals surface area contributed by atoms with E-state index < -0.39 is 6.04 Å². The van der Waals surface area contributed by atoms with Gasteiger partial charge >= 0.3 is 0 Å². The van der Waals surface area contributed by atoms with Crippen molar-refractivity contribution in [2.24, 2.45) is 0 Å². The third-order valence-electron chi connectivity index (χ3n) is 4.93. The zero-order valence-electron chi connectivity index (χ0n) is 16.8. The average Bonchev–Trinajstić information content (AvgIpc) is 2.65. The molecule has 0 unspecified atom stereocenters. The van der Waals surface area contributed by atoms with Crippen LogP contribution < -0.4 is 5.32 Å². The topological polar surface area (TPSA) is 49.4 Å². The summed E-state index contributed by atoms with van der Waals surface area (Å²) in [6, 6.07) is 15.6. The van der Waals surface area contributed by atoms with Gasteiger partial charge in [0.1, 0.15) is 6.04 Å². The van der Waals surface area contributed by atoms with Gasteiger partial charge in [0.2, 0.25) is 11.8 Å². The summed E-state index contributed by atoms with van der Waals surface area (Å²) >= 11 is 0. The molecular formula is C23H30N2O2. The Balaban J connectivity index is 2.14. The fourth-order valence-electron chi connectivity index (χ4n) is 3.08. The molecule has 4 heteroatoms. The Morgan fingerprint density at radius 1 is 1.00 bits per heavy atom. The van der Waals surface area contributed by atoms with E-state index in [0.717, 1.165) is 17.5 Å². The average molecular weight is 367 g/mol. The molecule has 0 saturated heterocycles. The summed E-state index contributed by atoms with van der Waals surface area (Å²) in [4.78, 5) is 27.1. The second-order valence-electron chi connectivity index (χ2n) is 6.99. The number of rotatable bonds is 8.